The molecule has 2 aromatic carbocycles. The van der Waals surface area contributed by atoms with Crippen molar-refractivity contribution in [1.82, 2.24) is 52.1 Å². The number of nitrogens with zero attached hydrogens (tertiary/aromatic N) is 2. The number of carboxylic acid groups (broad SMARTS) is 1. The molecule has 4 rings (SSSR count). The number of aromatic hydroxyl groups is 1. The van der Waals surface area contributed by atoms with Crippen LogP contribution in [-0.4, -0.2) is 159 Å². The number of amides is 8. The lowest BCUT2D eigenvalue weighted by atomic mass is 9.99. The van der Waals surface area contributed by atoms with Crippen LogP contribution < -0.4 is 81.0 Å². The lowest BCUT2D eigenvalue weighted by Crippen LogP contribution is -2.78. The van der Waals surface area contributed by atoms with Crippen molar-refractivity contribution in [3.05, 3.63) is 83.9 Å². The highest BCUT2D eigenvalue weighted by Gasteiger charge is 2.41. The van der Waals surface area contributed by atoms with Crippen LogP contribution in [0.4, 0.5) is 0 Å². The highest BCUT2D eigenvalue weighted by Crippen LogP contribution is 2.21. The summed E-state index contributed by atoms with van der Waals surface area (Å²) in [5, 5.41) is 41.1. The third-order valence-electron chi connectivity index (χ3n) is 14.3. The Bertz CT molecular complexity index is 2720. The molecule has 460 valence electrons. The number of likely N-dealkylation sites (tertiary alicyclic amines) is 1. The van der Waals surface area contributed by atoms with E-state index in [9.17, 15) is 53.4 Å². The number of aromatic amines is 1. The van der Waals surface area contributed by atoms with Gasteiger partial charge < -0.3 is 67.8 Å². The van der Waals surface area contributed by atoms with E-state index >= 15 is 0 Å². The number of carboxylic acids is 1. The minimum absolute atomic E-state index is 0.0158. The maximum atomic E-state index is 15.0. The largest absolute Gasteiger partial charge is 0.548 e. The second-order valence-corrected chi connectivity index (χ2v) is 21.6. The Morgan fingerprint density at radius 2 is 1.19 bits per heavy atom. The van der Waals surface area contributed by atoms with Crippen LogP contribution in [0.2, 0.25) is 0 Å². The van der Waals surface area contributed by atoms with E-state index in [0.717, 1.165) is 0 Å². The Morgan fingerprint density at radius 3 is 1.71 bits per heavy atom. The number of carbonyl (C=O) groups excluding carboxylic acids is 9. The zero-order valence-electron chi connectivity index (χ0n) is 48.5. The number of carbonyl (C=O) groups is 9. The molecule has 1 aliphatic heterocycles. The molecule has 28 heteroatoms. The van der Waals surface area contributed by atoms with Crippen molar-refractivity contribution in [2.75, 3.05) is 19.6 Å². The van der Waals surface area contributed by atoms with Crippen molar-refractivity contribution in [3.63, 3.8) is 0 Å². The summed E-state index contributed by atoms with van der Waals surface area (Å²) in [4.78, 5) is 140. The smallest absolute Gasteiger partial charge is 0.338 e. The predicted molar refractivity (Wildman–Crippen MR) is 306 cm³/mol. The summed E-state index contributed by atoms with van der Waals surface area (Å²) >= 11 is 0. The maximum absolute atomic E-state index is 15.0. The molecule has 1 aliphatic rings. The highest BCUT2D eigenvalue weighted by molar-refractivity contribution is 5.98. The molecule has 0 unspecified atom stereocenters. The quantitative estimate of drug-likeness (QED) is 0.0150. The van der Waals surface area contributed by atoms with Gasteiger partial charge in [-0.1, -0.05) is 70.2 Å². The molecule has 0 saturated carbocycles. The minimum atomic E-state index is -1.51. The summed E-state index contributed by atoms with van der Waals surface area (Å²) in [5.41, 5.74) is 27.9. The van der Waals surface area contributed by atoms with Crippen molar-refractivity contribution in [3.8, 4) is 5.75 Å². The fourth-order valence-electron chi connectivity index (χ4n) is 9.34. The Kier molecular flexibility index (Phi) is 27.4. The number of phenolic OH excluding ortho intramolecular Hbond substituents is 1. The van der Waals surface area contributed by atoms with E-state index in [4.69, 9.17) is 22.9 Å². The number of nitrogens with two attached hydrogens (primary N) is 4. The average Bonchev–Trinajstić information content (AvgIpc) is 3.90. The lowest BCUT2D eigenvalue weighted by molar-refractivity contribution is -0.460. The van der Waals surface area contributed by atoms with Gasteiger partial charge in [-0.3, -0.25) is 71.3 Å². The van der Waals surface area contributed by atoms with Gasteiger partial charge >= 0.3 is 11.9 Å². The van der Waals surface area contributed by atoms with Crippen LogP contribution in [0.5, 0.6) is 5.75 Å². The topological polar surface area (TPSA) is 473 Å². The molecule has 0 spiro atoms. The fourth-order valence-corrected chi connectivity index (χ4v) is 9.34. The first-order valence-electron chi connectivity index (χ1n) is 28.4. The third-order valence-corrected chi connectivity index (χ3v) is 14.3. The predicted octanol–water partition coefficient (Wildman–Crippen LogP) is -7.73. The van der Waals surface area contributed by atoms with Crippen molar-refractivity contribution in [1.29, 1.82) is 0 Å². The number of rotatable bonds is 34. The number of hydrogen-bond acceptors (Lipinski definition) is 12. The summed E-state index contributed by atoms with van der Waals surface area (Å²) in [6.07, 6.45) is 4.07. The molecule has 22 N–H and O–H groups in total. The lowest BCUT2D eigenvalue weighted by Gasteiger charge is -2.31. The van der Waals surface area contributed by atoms with Crippen LogP contribution in [-0.2, 0) is 62.4 Å². The number of phenols is 1. The van der Waals surface area contributed by atoms with Crippen molar-refractivity contribution < 1.29 is 69.1 Å². The Morgan fingerprint density at radius 1 is 0.679 bits per heavy atom. The highest BCUT2D eigenvalue weighted by atomic mass is 16.4. The zero-order chi connectivity index (χ0) is 62.0. The molecular weight excluding hydrogens is 1090 g/mol. The van der Waals surface area contributed by atoms with Crippen molar-refractivity contribution in [2.24, 2.45) is 34.8 Å². The van der Waals surface area contributed by atoms with E-state index in [1.165, 1.54) is 36.5 Å². The number of guanidine groups is 2. The number of imidazole rings is 1. The normalized spacial score (nSPS) is 16.1. The van der Waals surface area contributed by atoms with E-state index in [0.29, 0.717) is 29.7 Å². The zero-order valence-corrected chi connectivity index (χ0v) is 48.5. The number of H-pyrrole nitrogens is 1. The minimum Gasteiger partial charge on any atom is -0.548 e. The Labute approximate surface area is 488 Å². The summed E-state index contributed by atoms with van der Waals surface area (Å²) in [5.74, 6) is -7.76. The molecule has 28 nitrogen and oxygen atoms in total. The van der Waals surface area contributed by atoms with E-state index in [-0.39, 0.29) is 107 Å². The second-order valence-electron chi connectivity index (χ2n) is 21.6. The van der Waals surface area contributed by atoms with Crippen molar-refractivity contribution >= 4 is 65.1 Å². The number of nitrogens with one attached hydrogen (secondary N) is 10. The van der Waals surface area contributed by atoms with Gasteiger partial charge in [0.2, 0.25) is 41.4 Å². The monoisotopic (exact) mass is 1170 g/mol. The molecule has 1 saturated heterocycles. The first kappa shape index (κ1) is 67.7. The molecule has 1 aromatic heterocycles. The number of aliphatic carboxylic acids is 1. The van der Waals surface area contributed by atoms with Gasteiger partial charge in [-0.05, 0) is 87.5 Å². The molecule has 2 heterocycles. The Balaban J connectivity index is 1.64. The summed E-state index contributed by atoms with van der Waals surface area (Å²) < 4.78 is 0. The molecular formula is C56H87N17O11+2. The number of hydrogen-bond donors (Lipinski definition) is 16. The van der Waals surface area contributed by atoms with Crippen LogP contribution in [0.15, 0.2) is 67.1 Å². The molecule has 84 heavy (non-hydrogen) atoms. The van der Waals surface area contributed by atoms with E-state index < -0.39 is 108 Å². The summed E-state index contributed by atoms with van der Waals surface area (Å²) in [6, 6.07) is 3.52. The standard InChI is InChI=1S/C56H85N17O11/c1-6-32(4)45(57)52(81)66-33(5)46(75)67-38(15-10-22-63-55(58)59)47(76)68-39(16-11-23-64-56(60)61)48(77)71-42(28-36-29-62-30-65-36)53(82)73-24-12-17-44(73)51(80)70-41(27-35-18-20-37(74)21-19-35)49(78)69-40(26-34-13-8-7-9-14-34)50(79)72-43(54(83)84)25-31(2)3/h7-9,13-14,18-21,29-33,38-45,74H,6,10-12,15-17,22-28,57H2,1-5H3,(H,62,65)(H,66,81)(H,67,75)(H,68,76)(H,69,78)(H,70,80)(H,71,77)(H,72,79)(H,83,84)(H4,58,59,63)(H4,60,61,64)/p+2/t32-,33-,38-,39-,40-,41-,42-,43-,44-,45-/m0/s1. The van der Waals surface area contributed by atoms with Crippen LogP contribution in [0.1, 0.15) is 103 Å². The average molecular weight is 1170 g/mol. The first-order chi connectivity index (χ1) is 39.9. The van der Waals surface area contributed by atoms with Crippen LogP contribution in [0, 0.1) is 11.8 Å². The molecule has 0 aliphatic carbocycles. The van der Waals surface area contributed by atoms with E-state index in [1.807, 2.05) is 13.8 Å². The molecule has 3 aromatic rings. The summed E-state index contributed by atoms with van der Waals surface area (Å²) in [7, 11) is 0. The van der Waals surface area contributed by atoms with E-state index in [2.05, 4.69) is 62.9 Å². The van der Waals surface area contributed by atoms with Crippen molar-refractivity contribution in [2.45, 2.75) is 160 Å². The molecule has 8 amide bonds. The van der Waals surface area contributed by atoms with Gasteiger partial charge in [0.15, 0.2) is 6.04 Å². The molecule has 0 radical (unpaired) electrons. The molecule has 1 fully saturated rings. The van der Waals surface area contributed by atoms with E-state index in [1.54, 1.807) is 56.3 Å². The van der Waals surface area contributed by atoms with Crippen LogP contribution in [0.3, 0.4) is 0 Å². The second kappa shape index (κ2) is 33.9. The molecule has 10 atom stereocenters. The number of aromatic nitrogens is 2. The van der Waals surface area contributed by atoms with Crippen LogP contribution >= 0.6 is 0 Å². The fraction of sp³-hybridized carbons (Fsp3) is 0.536. The van der Waals surface area contributed by atoms with Gasteiger partial charge in [0.05, 0.1) is 31.4 Å². The number of benzene rings is 2. The van der Waals surface area contributed by atoms with Gasteiger partial charge in [-0.25, -0.2) is 4.98 Å². The van der Waals surface area contributed by atoms with Gasteiger partial charge in [0, 0.05) is 43.6 Å². The van der Waals surface area contributed by atoms with Crippen LogP contribution in [0.25, 0.3) is 0 Å². The van der Waals surface area contributed by atoms with Gasteiger partial charge in [-0.2, -0.15) is 0 Å². The SMILES string of the molecule is CC[C@H](C)[C@H]([NH3+])C(=O)N[C@@H](C)C(=O)N[C@@H](CCC[NH+]=C(N)N)C(=O)N[C@@H](CCC[NH+]=C(N)N)C(=O)N[C@@H](Cc1cnc[nH]1)C(=O)N1CCC[C@H]1C(=O)N[C@@H](Cc1ccc(O)cc1)C(=O)N[C@@H](Cc1ccccc1)C(=O)N[C@@H](CC(C)C)C(=O)[O-]. The third kappa shape index (κ3) is 22.5. The first-order valence-corrected chi connectivity index (χ1v) is 28.4. The number of quaternary nitrogens is 1. The Hall–Kier alpha value is -8.82. The maximum Gasteiger partial charge on any atom is 0.338 e. The van der Waals surface area contributed by atoms with Gasteiger partial charge in [-0.15, -0.1) is 0 Å². The molecule has 0 bridgehead atoms. The van der Waals surface area contributed by atoms with Gasteiger partial charge in [0.25, 0.3) is 5.91 Å². The summed E-state index contributed by atoms with van der Waals surface area (Å²) in [6.45, 7) is 9.21. The van der Waals surface area contributed by atoms with Gasteiger partial charge in [0.1, 0.15) is 48.0 Å².